The van der Waals surface area contributed by atoms with Gasteiger partial charge in [0.15, 0.2) is 11.5 Å². The van der Waals surface area contributed by atoms with Gasteiger partial charge in [-0.05, 0) is 24.3 Å². The average Bonchev–Trinajstić information content (AvgIpc) is 2.79. The third-order valence-corrected chi connectivity index (χ3v) is 3.50. The Morgan fingerprint density at radius 2 is 2.14 bits per heavy atom. The minimum Gasteiger partial charge on any atom is -0.489 e. The van der Waals surface area contributed by atoms with Crippen LogP contribution in [0.4, 0.5) is 0 Å². The summed E-state index contributed by atoms with van der Waals surface area (Å²) in [6, 6.07) is 8.79. The van der Waals surface area contributed by atoms with Crippen LogP contribution in [-0.4, -0.2) is 24.1 Å². The molecule has 0 fully saturated rings. The SMILES string of the molecule is O=C(NCc1ccccn1)c1cc(Cl)c2c(c1)OCCCO2. The molecule has 3 rings (SSSR count). The van der Waals surface area contributed by atoms with Crippen LogP contribution in [0.3, 0.4) is 0 Å². The van der Waals surface area contributed by atoms with E-state index < -0.39 is 0 Å². The monoisotopic (exact) mass is 318 g/mol. The Morgan fingerprint density at radius 3 is 2.95 bits per heavy atom. The van der Waals surface area contributed by atoms with Gasteiger partial charge in [-0.15, -0.1) is 0 Å². The summed E-state index contributed by atoms with van der Waals surface area (Å²) < 4.78 is 11.1. The zero-order valence-electron chi connectivity index (χ0n) is 11.8. The minimum absolute atomic E-state index is 0.233. The summed E-state index contributed by atoms with van der Waals surface area (Å²) in [5.74, 6) is 0.775. The molecule has 22 heavy (non-hydrogen) atoms. The molecule has 0 bridgehead atoms. The van der Waals surface area contributed by atoms with E-state index in [-0.39, 0.29) is 5.91 Å². The van der Waals surface area contributed by atoms with E-state index in [4.69, 9.17) is 21.1 Å². The lowest BCUT2D eigenvalue weighted by Gasteiger charge is -2.11. The molecule has 0 unspecified atom stereocenters. The van der Waals surface area contributed by atoms with Gasteiger partial charge in [0, 0.05) is 18.2 Å². The molecule has 1 aromatic heterocycles. The number of aromatic nitrogens is 1. The van der Waals surface area contributed by atoms with Gasteiger partial charge in [-0.1, -0.05) is 17.7 Å². The summed E-state index contributed by atoms with van der Waals surface area (Å²) in [5, 5.41) is 3.19. The quantitative estimate of drug-likeness (QED) is 0.945. The van der Waals surface area contributed by atoms with Gasteiger partial charge in [-0.3, -0.25) is 9.78 Å². The fourth-order valence-corrected chi connectivity index (χ4v) is 2.40. The number of rotatable bonds is 3. The Balaban J connectivity index is 1.75. The fraction of sp³-hybridized carbons (Fsp3) is 0.250. The van der Waals surface area contributed by atoms with E-state index in [1.807, 2.05) is 18.2 Å². The highest BCUT2D eigenvalue weighted by Gasteiger charge is 2.18. The molecule has 0 radical (unpaired) electrons. The lowest BCUT2D eigenvalue weighted by Crippen LogP contribution is -2.23. The molecule has 0 aliphatic carbocycles. The van der Waals surface area contributed by atoms with Gasteiger partial charge in [0.2, 0.25) is 0 Å². The fourth-order valence-electron chi connectivity index (χ4n) is 2.14. The Bertz CT molecular complexity index is 677. The normalized spacial score (nSPS) is 13.3. The van der Waals surface area contributed by atoms with Gasteiger partial charge in [0.05, 0.1) is 30.5 Å². The van der Waals surface area contributed by atoms with Crippen molar-refractivity contribution in [3.63, 3.8) is 0 Å². The Kier molecular flexibility index (Phi) is 4.44. The van der Waals surface area contributed by atoms with E-state index >= 15 is 0 Å². The smallest absolute Gasteiger partial charge is 0.251 e. The number of ether oxygens (including phenoxy) is 2. The molecule has 2 heterocycles. The number of nitrogens with zero attached hydrogens (tertiary/aromatic N) is 1. The number of hydrogen-bond donors (Lipinski definition) is 1. The third kappa shape index (κ3) is 3.31. The van der Waals surface area contributed by atoms with Gasteiger partial charge < -0.3 is 14.8 Å². The number of hydrogen-bond acceptors (Lipinski definition) is 4. The Morgan fingerprint density at radius 1 is 1.27 bits per heavy atom. The van der Waals surface area contributed by atoms with Crippen molar-refractivity contribution in [1.82, 2.24) is 10.3 Å². The molecule has 2 aromatic rings. The first-order valence-corrected chi connectivity index (χ1v) is 7.39. The van der Waals surface area contributed by atoms with Crippen LogP contribution in [0.25, 0.3) is 0 Å². The second-order valence-electron chi connectivity index (χ2n) is 4.84. The topological polar surface area (TPSA) is 60.5 Å². The number of pyridine rings is 1. The highest BCUT2D eigenvalue weighted by atomic mass is 35.5. The number of nitrogens with one attached hydrogen (secondary N) is 1. The van der Waals surface area contributed by atoms with Crippen molar-refractivity contribution in [1.29, 1.82) is 0 Å². The molecular weight excluding hydrogens is 304 g/mol. The first-order chi connectivity index (χ1) is 10.7. The second kappa shape index (κ2) is 6.66. The predicted molar refractivity (Wildman–Crippen MR) is 82.5 cm³/mol. The molecule has 114 valence electrons. The maximum atomic E-state index is 12.2. The van der Waals surface area contributed by atoms with Crippen LogP contribution in [0.15, 0.2) is 36.5 Å². The number of amides is 1. The Hall–Kier alpha value is -2.27. The van der Waals surface area contributed by atoms with Gasteiger partial charge >= 0.3 is 0 Å². The Labute approximate surface area is 133 Å². The lowest BCUT2D eigenvalue weighted by atomic mass is 10.2. The largest absolute Gasteiger partial charge is 0.489 e. The van der Waals surface area contributed by atoms with Crippen LogP contribution in [0.2, 0.25) is 5.02 Å². The van der Waals surface area contributed by atoms with E-state index in [0.717, 1.165) is 12.1 Å². The first kappa shape index (κ1) is 14.7. The van der Waals surface area contributed by atoms with E-state index in [1.165, 1.54) is 0 Å². The van der Waals surface area contributed by atoms with E-state index in [2.05, 4.69) is 10.3 Å². The number of benzene rings is 1. The number of carbonyl (C=O) groups excluding carboxylic acids is 1. The molecule has 0 spiro atoms. The summed E-state index contributed by atoms with van der Waals surface area (Å²) >= 11 is 6.18. The van der Waals surface area contributed by atoms with Crippen molar-refractivity contribution >= 4 is 17.5 Å². The predicted octanol–water partition coefficient (Wildman–Crippen LogP) is 2.83. The zero-order valence-corrected chi connectivity index (χ0v) is 12.6. The zero-order chi connectivity index (χ0) is 15.4. The average molecular weight is 319 g/mol. The van der Waals surface area contributed by atoms with Crippen LogP contribution in [0.1, 0.15) is 22.5 Å². The van der Waals surface area contributed by atoms with Gasteiger partial charge in [0.1, 0.15) is 0 Å². The van der Waals surface area contributed by atoms with Crippen molar-refractivity contribution in [2.45, 2.75) is 13.0 Å². The standard InChI is InChI=1S/C16H15ClN2O3/c17-13-8-11(9-14-15(13)22-7-3-6-21-14)16(20)19-10-12-4-1-2-5-18-12/h1-2,4-5,8-9H,3,6-7,10H2,(H,19,20). The van der Waals surface area contributed by atoms with Gasteiger partial charge in [0.25, 0.3) is 5.91 Å². The van der Waals surface area contributed by atoms with E-state index in [0.29, 0.717) is 41.8 Å². The maximum absolute atomic E-state index is 12.2. The summed E-state index contributed by atoms with van der Waals surface area (Å²) in [6.45, 7) is 1.45. The second-order valence-corrected chi connectivity index (χ2v) is 5.25. The van der Waals surface area contributed by atoms with Crippen molar-refractivity contribution < 1.29 is 14.3 Å². The van der Waals surface area contributed by atoms with E-state index in [9.17, 15) is 4.79 Å². The summed E-state index contributed by atoms with van der Waals surface area (Å²) in [7, 11) is 0. The van der Waals surface area contributed by atoms with Crippen LogP contribution >= 0.6 is 11.6 Å². The van der Waals surface area contributed by atoms with Crippen LogP contribution < -0.4 is 14.8 Å². The number of halogens is 1. The highest BCUT2D eigenvalue weighted by Crippen LogP contribution is 2.37. The molecule has 0 saturated heterocycles. The molecule has 1 N–H and O–H groups in total. The minimum atomic E-state index is -0.233. The van der Waals surface area contributed by atoms with Crippen molar-refractivity contribution in [2.75, 3.05) is 13.2 Å². The van der Waals surface area contributed by atoms with Crippen LogP contribution in [0, 0.1) is 0 Å². The highest BCUT2D eigenvalue weighted by molar-refractivity contribution is 6.32. The molecule has 0 atom stereocenters. The molecule has 1 aliphatic heterocycles. The van der Waals surface area contributed by atoms with Gasteiger partial charge in [-0.2, -0.15) is 0 Å². The number of fused-ring (bicyclic) bond motifs is 1. The molecule has 1 amide bonds. The van der Waals surface area contributed by atoms with Crippen molar-refractivity contribution in [2.24, 2.45) is 0 Å². The lowest BCUT2D eigenvalue weighted by molar-refractivity contribution is 0.0950. The van der Waals surface area contributed by atoms with Crippen LogP contribution in [-0.2, 0) is 6.54 Å². The van der Waals surface area contributed by atoms with E-state index in [1.54, 1.807) is 18.3 Å². The molecule has 1 aromatic carbocycles. The number of carbonyl (C=O) groups is 1. The van der Waals surface area contributed by atoms with Gasteiger partial charge in [-0.25, -0.2) is 0 Å². The summed E-state index contributed by atoms with van der Waals surface area (Å²) in [4.78, 5) is 16.4. The molecular formula is C16H15ClN2O3. The van der Waals surface area contributed by atoms with Crippen molar-refractivity contribution in [3.05, 3.63) is 52.8 Å². The molecule has 1 aliphatic rings. The maximum Gasteiger partial charge on any atom is 0.251 e. The molecule has 5 nitrogen and oxygen atoms in total. The molecule has 6 heteroatoms. The summed E-state index contributed by atoms with van der Waals surface area (Å²) in [6.07, 6.45) is 2.47. The third-order valence-electron chi connectivity index (χ3n) is 3.22. The van der Waals surface area contributed by atoms with Crippen molar-refractivity contribution in [3.8, 4) is 11.5 Å². The summed E-state index contributed by atoms with van der Waals surface area (Å²) in [5.41, 5.74) is 1.22. The molecule has 0 saturated carbocycles. The first-order valence-electron chi connectivity index (χ1n) is 7.01. The van der Waals surface area contributed by atoms with Crippen LogP contribution in [0.5, 0.6) is 11.5 Å².